The van der Waals surface area contributed by atoms with Crippen molar-refractivity contribution >= 4 is 32.3 Å². The minimum absolute atomic E-state index is 0. The molecule has 10 heteroatoms. The van der Waals surface area contributed by atoms with Gasteiger partial charge in [-0.05, 0) is 84.0 Å². The van der Waals surface area contributed by atoms with E-state index in [9.17, 15) is 18.3 Å². The first-order valence-corrected chi connectivity index (χ1v) is 20.0. The van der Waals surface area contributed by atoms with E-state index in [1.165, 1.54) is 6.07 Å². The maximum absolute atomic E-state index is 13.2. The van der Waals surface area contributed by atoms with Gasteiger partial charge in [-0.1, -0.05) is 98.8 Å². The van der Waals surface area contributed by atoms with Crippen molar-refractivity contribution in [2.24, 2.45) is 0 Å². The van der Waals surface area contributed by atoms with Gasteiger partial charge < -0.3 is 20.1 Å². The summed E-state index contributed by atoms with van der Waals surface area (Å²) in [4.78, 5) is 17.9. The number of fused-ring (bicyclic) bond motifs is 1. The molecule has 55 heavy (non-hydrogen) atoms. The number of H-pyrrole nitrogens is 1. The number of rotatable bonds is 15. The van der Waals surface area contributed by atoms with Crippen LogP contribution in [0, 0.1) is 0 Å². The average Bonchev–Trinajstić information content (AvgIpc) is 3.20. The molecule has 0 spiro atoms. The number of hydrogen-bond donors (Lipinski definition) is 3. The highest BCUT2D eigenvalue weighted by atomic mass is 32.2. The summed E-state index contributed by atoms with van der Waals surface area (Å²) in [6.07, 6.45) is 2.79. The third kappa shape index (κ3) is 10.1. The number of aliphatic hydroxyl groups excluding tert-OH is 1. The van der Waals surface area contributed by atoms with Crippen molar-refractivity contribution in [3.63, 3.8) is 0 Å². The fraction of sp³-hybridized carbons (Fsp3) is 0.267. The van der Waals surface area contributed by atoms with E-state index in [-0.39, 0.29) is 13.0 Å². The number of anilines is 2. The summed E-state index contributed by atoms with van der Waals surface area (Å²) in [6, 6.07) is 42.2. The quantitative estimate of drug-likeness (QED) is 0.0964. The molecule has 0 bridgehead atoms. The van der Waals surface area contributed by atoms with Gasteiger partial charge in [-0.2, -0.15) is 4.31 Å². The van der Waals surface area contributed by atoms with Crippen LogP contribution in [0.15, 0.2) is 143 Å². The van der Waals surface area contributed by atoms with Gasteiger partial charge in [0.15, 0.2) is 0 Å². The molecule has 0 aliphatic carbocycles. The lowest BCUT2D eigenvalue weighted by Gasteiger charge is -2.26. The van der Waals surface area contributed by atoms with Crippen LogP contribution >= 0.6 is 0 Å². The number of aromatic nitrogens is 1. The molecule has 9 nitrogen and oxygen atoms in total. The van der Waals surface area contributed by atoms with Crippen molar-refractivity contribution < 1.29 is 18.3 Å². The van der Waals surface area contributed by atoms with Crippen molar-refractivity contribution in [2.45, 2.75) is 57.3 Å². The molecule has 0 amide bonds. The Balaban J connectivity index is 0.00000514. The lowest BCUT2D eigenvalue weighted by molar-refractivity contribution is 0.110. The van der Waals surface area contributed by atoms with Gasteiger partial charge in [0, 0.05) is 55.6 Å². The monoisotopic (exact) mass is 758 g/mol. The van der Waals surface area contributed by atoms with Gasteiger partial charge in [0.1, 0.15) is 12.4 Å². The standard InChI is InChI=1S/C44H46N4O5S.CH4/c49-41(39-21-23-42(44-40(39)22-24-43(50)46-44)53-32-35-13-6-2-7-14-35)31-47(30-34-11-4-1-5-12-34)28-25-33-17-19-36(20-18-33)45-37-15-10-16-38(29-37)54(51,52)48-26-8-3-9-27-48;/h1-2,4-7,10-24,29,41,45,49H,3,8-9,25-28,30-32H2,(H,46,50);1H4/t41-;/m0./s1. The minimum Gasteiger partial charge on any atom is -0.487 e. The molecule has 0 unspecified atom stereocenters. The molecule has 1 aliphatic heterocycles. The number of ether oxygens (including phenoxy) is 1. The first kappa shape index (κ1) is 39.4. The Kier molecular flexibility index (Phi) is 13.2. The van der Waals surface area contributed by atoms with E-state index in [1.54, 1.807) is 28.6 Å². The number of piperidine rings is 1. The number of pyridine rings is 1. The van der Waals surface area contributed by atoms with E-state index >= 15 is 0 Å². The molecule has 1 saturated heterocycles. The highest BCUT2D eigenvalue weighted by molar-refractivity contribution is 7.89. The molecule has 1 atom stereocenters. The van der Waals surface area contributed by atoms with Gasteiger partial charge in [-0.3, -0.25) is 9.69 Å². The van der Waals surface area contributed by atoms with Crippen LogP contribution < -0.4 is 15.6 Å². The van der Waals surface area contributed by atoms with Crippen molar-refractivity contribution in [1.82, 2.24) is 14.2 Å². The molecule has 0 saturated carbocycles. The van der Waals surface area contributed by atoms with E-state index in [2.05, 4.69) is 39.5 Å². The van der Waals surface area contributed by atoms with Crippen LogP contribution in [-0.2, 0) is 29.6 Å². The summed E-state index contributed by atoms with van der Waals surface area (Å²) in [7, 11) is -3.52. The molecular formula is C45H50N4O5S. The van der Waals surface area contributed by atoms with Gasteiger partial charge in [-0.15, -0.1) is 0 Å². The van der Waals surface area contributed by atoms with Crippen molar-refractivity contribution in [2.75, 3.05) is 31.5 Å². The summed E-state index contributed by atoms with van der Waals surface area (Å²) in [5, 5.41) is 15.8. The van der Waals surface area contributed by atoms with Crippen LogP contribution in [-0.4, -0.2) is 53.9 Å². The largest absolute Gasteiger partial charge is 0.487 e. The van der Waals surface area contributed by atoms with E-state index in [1.807, 2.05) is 78.9 Å². The lowest BCUT2D eigenvalue weighted by atomic mass is 10.0. The minimum atomic E-state index is -3.52. The van der Waals surface area contributed by atoms with Crippen molar-refractivity contribution in [1.29, 1.82) is 0 Å². The molecule has 5 aromatic carbocycles. The van der Waals surface area contributed by atoms with Crippen LogP contribution in [0.3, 0.4) is 0 Å². The maximum Gasteiger partial charge on any atom is 0.248 e. The van der Waals surface area contributed by atoms with E-state index < -0.39 is 16.1 Å². The van der Waals surface area contributed by atoms with Crippen LogP contribution in [0.25, 0.3) is 10.9 Å². The molecule has 1 fully saturated rings. The predicted molar refractivity (Wildman–Crippen MR) is 221 cm³/mol. The number of sulfonamides is 1. The highest BCUT2D eigenvalue weighted by Gasteiger charge is 2.26. The Morgan fingerprint density at radius 1 is 0.764 bits per heavy atom. The third-order valence-corrected chi connectivity index (χ3v) is 11.8. The number of aliphatic hydroxyl groups is 1. The van der Waals surface area contributed by atoms with Gasteiger partial charge >= 0.3 is 0 Å². The number of benzene rings is 5. The molecule has 0 radical (unpaired) electrons. The Morgan fingerprint density at radius 3 is 2.20 bits per heavy atom. The summed E-state index contributed by atoms with van der Waals surface area (Å²) in [5.41, 5.74) is 5.93. The summed E-state index contributed by atoms with van der Waals surface area (Å²) < 4.78 is 34.2. The Morgan fingerprint density at radius 2 is 1.47 bits per heavy atom. The zero-order valence-corrected chi connectivity index (χ0v) is 31.0. The Labute approximate surface area is 324 Å². The zero-order valence-electron chi connectivity index (χ0n) is 30.2. The first-order valence-electron chi connectivity index (χ1n) is 18.5. The van der Waals surface area contributed by atoms with Gasteiger partial charge in [0.05, 0.1) is 16.5 Å². The normalized spacial score (nSPS) is 14.0. The van der Waals surface area contributed by atoms with Gasteiger partial charge in [0.25, 0.3) is 0 Å². The second kappa shape index (κ2) is 18.4. The molecule has 2 heterocycles. The SMILES string of the molecule is C.O=c1ccc2c([C@@H](O)CN(CCc3ccc(Nc4cccc(S(=O)(=O)N5CCCCC5)c4)cc3)Cc3ccccc3)ccc(OCc3ccccc3)c2[nH]1. The Hall–Kier alpha value is -5.26. The smallest absolute Gasteiger partial charge is 0.248 e. The average molecular weight is 759 g/mol. The second-order valence-electron chi connectivity index (χ2n) is 13.8. The van der Waals surface area contributed by atoms with Crippen LogP contribution in [0.4, 0.5) is 11.4 Å². The van der Waals surface area contributed by atoms with Gasteiger partial charge in [0.2, 0.25) is 15.6 Å². The second-order valence-corrected chi connectivity index (χ2v) is 15.8. The van der Waals surface area contributed by atoms with Crippen LogP contribution in [0.1, 0.15) is 55.0 Å². The molecular weight excluding hydrogens is 709 g/mol. The summed E-state index contributed by atoms with van der Waals surface area (Å²) in [5.74, 6) is 0.553. The topological polar surface area (TPSA) is 115 Å². The lowest BCUT2D eigenvalue weighted by Crippen LogP contribution is -2.35. The number of nitrogens with one attached hydrogen (secondary N) is 2. The molecule has 1 aromatic heterocycles. The van der Waals surface area contributed by atoms with Gasteiger partial charge in [-0.25, -0.2) is 8.42 Å². The molecule has 3 N–H and O–H groups in total. The van der Waals surface area contributed by atoms with E-state index in [0.717, 1.165) is 64.7 Å². The van der Waals surface area contributed by atoms with Crippen molar-refractivity contribution in [3.05, 3.63) is 166 Å². The zero-order chi connectivity index (χ0) is 37.3. The van der Waals surface area contributed by atoms with Crippen LogP contribution in [0.5, 0.6) is 5.75 Å². The van der Waals surface area contributed by atoms with Crippen LogP contribution in [0.2, 0.25) is 0 Å². The fourth-order valence-corrected chi connectivity index (χ4v) is 8.57. The van der Waals surface area contributed by atoms with Crippen molar-refractivity contribution in [3.8, 4) is 5.75 Å². The fourth-order valence-electron chi connectivity index (χ4n) is 7.01. The highest BCUT2D eigenvalue weighted by Crippen LogP contribution is 2.31. The predicted octanol–water partition coefficient (Wildman–Crippen LogP) is 8.44. The number of nitrogens with zero attached hydrogens (tertiary/aromatic N) is 2. The molecule has 286 valence electrons. The molecule has 1 aliphatic rings. The summed E-state index contributed by atoms with van der Waals surface area (Å²) >= 11 is 0. The molecule has 6 aromatic rings. The Bertz CT molecular complexity index is 2310. The van der Waals surface area contributed by atoms with E-state index in [0.29, 0.717) is 55.5 Å². The number of hydrogen-bond acceptors (Lipinski definition) is 7. The maximum atomic E-state index is 13.2. The molecule has 7 rings (SSSR count). The number of aromatic amines is 1. The first-order chi connectivity index (χ1) is 26.3. The summed E-state index contributed by atoms with van der Waals surface area (Å²) in [6.45, 7) is 3.22. The van der Waals surface area contributed by atoms with E-state index in [4.69, 9.17) is 4.74 Å². The third-order valence-electron chi connectivity index (χ3n) is 9.91.